The molecule has 0 aliphatic carbocycles. The normalized spacial score (nSPS) is 14.6. The fourth-order valence-corrected chi connectivity index (χ4v) is 6.86. The van der Waals surface area contributed by atoms with Crippen molar-refractivity contribution in [2.75, 3.05) is 40.9 Å². The molecule has 0 radical (unpaired) electrons. The topological polar surface area (TPSA) is 108 Å². The third kappa shape index (κ3) is 35.6. The molecular formula is C41H83N2O6P. The highest BCUT2D eigenvalue weighted by Crippen LogP contribution is 2.38. The minimum absolute atomic E-state index is 0.000788. The number of unbranched alkanes of at least 4 members (excludes halogenated alkanes) is 25. The van der Waals surface area contributed by atoms with Crippen LogP contribution in [0, 0.1) is 0 Å². The molecule has 1 amide bonds. The van der Waals surface area contributed by atoms with E-state index in [9.17, 15) is 19.4 Å². The van der Waals surface area contributed by atoms with Crippen LogP contribution in [0.15, 0.2) is 12.2 Å². The molecule has 0 saturated heterocycles. The number of quaternary nitrogens is 1. The summed E-state index contributed by atoms with van der Waals surface area (Å²) in [5.74, 6) is -0.250. The molecular weight excluding hydrogens is 647 g/mol. The first-order valence-corrected chi connectivity index (χ1v) is 22.5. The van der Waals surface area contributed by atoms with Crippen molar-refractivity contribution in [1.29, 1.82) is 0 Å². The molecule has 0 aromatic carbocycles. The fourth-order valence-electron chi connectivity index (χ4n) is 6.14. The number of aliphatic hydroxyl groups excluding tert-OH is 1. The molecule has 8 nitrogen and oxygen atoms in total. The van der Waals surface area contributed by atoms with Crippen LogP contribution in [0.5, 0.6) is 0 Å². The molecule has 3 atom stereocenters. The first kappa shape index (κ1) is 49.2. The lowest BCUT2D eigenvalue weighted by Gasteiger charge is -2.29. The van der Waals surface area contributed by atoms with E-state index in [2.05, 4.69) is 12.2 Å². The number of carbonyl (C=O) groups is 1. The van der Waals surface area contributed by atoms with Gasteiger partial charge < -0.3 is 28.8 Å². The zero-order chi connectivity index (χ0) is 37.2. The first-order valence-electron chi connectivity index (χ1n) is 21.1. The molecule has 0 heterocycles. The van der Waals surface area contributed by atoms with Crippen molar-refractivity contribution in [2.24, 2.45) is 0 Å². The first-order chi connectivity index (χ1) is 24.0. The van der Waals surface area contributed by atoms with Gasteiger partial charge in [-0.05, 0) is 19.3 Å². The number of amides is 1. The smallest absolute Gasteiger partial charge is 0.268 e. The number of hydrogen-bond donors (Lipinski definition) is 2. The Hall–Kier alpha value is -0.760. The molecule has 2 N–H and O–H groups in total. The Morgan fingerprint density at radius 2 is 1.08 bits per heavy atom. The predicted octanol–water partition coefficient (Wildman–Crippen LogP) is 10.6. The number of phosphoric acid groups is 1. The second-order valence-electron chi connectivity index (χ2n) is 15.7. The summed E-state index contributed by atoms with van der Waals surface area (Å²) in [6, 6.07) is -0.876. The third-order valence-corrected chi connectivity index (χ3v) is 10.4. The van der Waals surface area contributed by atoms with Crippen molar-refractivity contribution in [3.63, 3.8) is 0 Å². The summed E-state index contributed by atoms with van der Waals surface area (Å²) < 4.78 is 22.7. The van der Waals surface area contributed by atoms with E-state index in [0.29, 0.717) is 23.9 Å². The number of hydrogen-bond acceptors (Lipinski definition) is 6. The Kier molecular flexibility index (Phi) is 33.5. The van der Waals surface area contributed by atoms with Crippen LogP contribution in [0.3, 0.4) is 0 Å². The summed E-state index contributed by atoms with van der Waals surface area (Å²) in [7, 11) is 1.26. The Labute approximate surface area is 310 Å². The molecule has 3 unspecified atom stereocenters. The van der Waals surface area contributed by atoms with Gasteiger partial charge in [0, 0.05) is 6.42 Å². The van der Waals surface area contributed by atoms with Crippen LogP contribution >= 0.6 is 7.82 Å². The van der Waals surface area contributed by atoms with Crippen molar-refractivity contribution in [1.82, 2.24) is 5.32 Å². The number of nitrogens with one attached hydrogen (secondary N) is 1. The molecule has 0 saturated carbocycles. The van der Waals surface area contributed by atoms with Crippen LogP contribution in [0.2, 0.25) is 0 Å². The summed E-state index contributed by atoms with van der Waals surface area (Å²) in [6.07, 6.45) is 38.7. The van der Waals surface area contributed by atoms with E-state index in [0.717, 1.165) is 19.3 Å². The second kappa shape index (κ2) is 34.0. The van der Waals surface area contributed by atoms with Crippen LogP contribution in [0.25, 0.3) is 0 Å². The van der Waals surface area contributed by atoms with Gasteiger partial charge in [0.05, 0.1) is 39.9 Å². The molecule has 0 bridgehead atoms. The van der Waals surface area contributed by atoms with Crippen molar-refractivity contribution >= 4 is 13.7 Å². The highest BCUT2D eigenvalue weighted by molar-refractivity contribution is 7.45. The lowest BCUT2D eigenvalue weighted by Crippen LogP contribution is -2.45. The van der Waals surface area contributed by atoms with Crippen molar-refractivity contribution in [2.45, 2.75) is 206 Å². The zero-order valence-corrected chi connectivity index (χ0v) is 34.5. The Morgan fingerprint density at radius 3 is 1.46 bits per heavy atom. The van der Waals surface area contributed by atoms with E-state index in [4.69, 9.17) is 9.05 Å². The van der Waals surface area contributed by atoms with E-state index in [1.165, 1.54) is 148 Å². The number of allylic oxidation sites excluding steroid dienone is 1. The minimum Gasteiger partial charge on any atom is -0.756 e. The average molecular weight is 731 g/mol. The zero-order valence-electron chi connectivity index (χ0n) is 33.6. The minimum atomic E-state index is -4.55. The van der Waals surface area contributed by atoms with Crippen molar-refractivity contribution in [3.8, 4) is 0 Å². The van der Waals surface area contributed by atoms with Gasteiger partial charge in [-0.25, -0.2) is 0 Å². The Morgan fingerprint density at radius 1 is 0.680 bits per heavy atom. The highest BCUT2D eigenvalue weighted by Gasteiger charge is 2.23. The largest absolute Gasteiger partial charge is 0.756 e. The van der Waals surface area contributed by atoms with E-state index in [-0.39, 0.29) is 19.1 Å². The summed E-state index contributed by atoms with van der Waals surface area (Å²) in [5, 5.41) is 13.4. The number of likely N-dealkylation sites (N-methyl/N-ethyl adjacent to an activating group) is 1. The van der Waals surface area contributed by atoms with E-state index in [1.54, 1.807) is 6.08 Å². The van der Waals surface area contributed by atoms with Crippen LogP contribution < -0.4 is 10.2 Å². The summed E-state index contributed by atoms with van der Waals surface area (Å²) >= 11 is 0. The maximum Gasteiger partial charge on any atom is 0.268 e. The quantitative estimate of drug-likeness (QED) is 0.0283. The van der Waals surface area contributed by atoms with Crippen LogP contribution in [-0.4, -0.2) is 68.5 Å². The summed E-state index contributed by atoms with van der Waals surface area (Å²) in [4.78, 5) is 24.4. The summed E-state index contributed by atoms with van der Waals surface area (Å²) in [6.45, 7) is 4.29. The molecule has 9 heteroatoms. The van der Waals surface area contributed by atoms with Gasteiger partial charge in [-0.2, -0.15) is 0 Å². The SMILES string of the molecule is CCCCCCCCCCCCCCCCCCCCCCCCCCC/C=C/C(O)C(COP(=O)([O-])OCC[N+](C)(C)C)NC(=O)CCC. The standard InChI is InChI=1S/C41H83N2O6P/c1-6-8-9-10-11-12-13-14-15-16-17-18-19-20-21-22-23-24-25-26-27-28-29-30-31-32-33-35-40(44)39(42-41(45)34-7-2)38-49-50(46,47)48-37-36-43(3,4)5/h33,35,39-40,44H,6-32,34,36-38H2,1-5H3,(H-,42,45,46,47)/b35-33+. The van der Waals surface area contributed by atoms with Gasteiger partial charge in [-0.1, -0.05) is 180 Å². The van der Waals surface area contributed by atoms with Gasteiger partial charge in [0.2, 0.25) is 5.91 Å². The summed E-state index contributed by atoms with van der Waals surface area (Å²) in [5.41, 5.74) is 0. The van der Waals surface area contributed by atoms with Gasteiger partial charge in [0.1, 0.15) is 13.2 Å². The lowest BCUT2D eigenvalue weighted by molar-refractivity contribution is -0.870. The lowest BCUT2D eigenvalue weighted by atomic mass is 10.0. The predicted molar refractivity (Wildman–Crippen MR) is 210 cm³/mol. The monoisotopic (exact) mass is 731 g/mol. The van der Waals surface area contributed by atoms with Crippen LogP contribution in [0.1, 0.15) is 194 Å². The van der Waals surface area contributed by atoms with E-state index < -0.39 is 20.0 Å². The molecule has 298 valence electrons. The van der Waals surface area contributed by atoms with Gasteiger partial charge in [-0.15, -0.1) is 0 Å². The number of nitrogens with zero attached hydrogens (tertiary/aromatic N) is 1. The van der Waals surface area contributed by atoms with Crippen LogP contribution in [-0.2, 0) is 18.4 Å². The molecule has 50 heavy (non-hydrogen) atoms. The van der Waals surface area contributed by atoms with Gasteiger partial charge in [-0.3, -0.25) is 9.36 Å². The molecule has 0 aliphatic rings. The molecule has 0 fully saturated rings. The van der Waals surface area contributed by atoms with Crippen molar-refractivity contribution < 1.29 is 32.9 Å². The number of rotatable bonds is 38. The molecule has 0 rings (SSSR count). The second-order valence-corrected chi connectivity index (χ2v) is 17.1. The van der Waals surface area contributed by atoms with Crippen molar-refractivity contribution in [3.05, 3.63) is 12.2 Å². The molecule has 0 aliphatic heterocycles. The van der Waals surface area contributed by atoms with E-state index >= 15 is 0 Å². The fraction of sp³-hybridized carbons (Fsp3) is 0.927. The maximum absolute atomic E-state index is 12.2. The van der Waals surface area contributed by atoms with Gasteiger partial charge >= 0.3 is 0 Å². The highest BCUT2D eigenvalue weighted by atomic mass is 31.2. The molecule has 0 aromatic rings. The van der Waals surface area contributed by atoms with Gasteiger partial charge in [0.15, 0.2) is 0 Å². The van der Waals surface area contributed by atoms with Gasteiger partial charge in [0.25, 0.3) is 7.82 Å². The third-order valence-electron chi connectivity index (χ3n) is 9.47. The average Bonchev–Trinajstić information content (AvgIpc) is 3.05. The molecule has 0 spiro atoms. The maximum atomic E-state index is 12.2. The number of aliphatic hydroxyl groups is 1. The Balaban J connectivity index is 3.79. The number of carbonyl (C=O) groups excluding carboxylic acids is 1. The van der Waals surface area contributed by atoms with E-state index in [1.807, 2.05) is 34.1 Å². The van der Waals surface area contributed by atoms with Crippen LogP contribution in [0.4, 0.5) is 0 Å². The Bertz CT molecular complexity index is 834. The molecule has 0 aromatic heterocycles. The number of phosphoric ester groups is 1.